The molecule has 3 aromatic carbocycles. The third-order valence-corrected chi connectivity index (χ3v) is 6.26. The normalized spacial score (nSPS) is 11.8. The highest BCUT2D eigenvalue weighted by Crippen LogP contribution is 2.32. The van der Waals surface area contributed by atoms with Crippen molar-refractivity contribution in [2.24, 2.45) is 7.05 Å². The van der Waals surface area contributed by atoms with Crippen molar-refractivity contribution in [3.63, 3.8) is 0 Å². The van der Waals surface area contributed by atoms with E-state index in [2.05, 4.69) is 5.32 Å². The van der Waals surface area contributed by atoms with Gasteiger partial charge < -0.3 is 14.6 Å². The molecule has 178 valence electrons. The quantitative estimate of drug-likeness (QED) is 0.320. The third kappa shape index (κ3) is 4.94. The number of rotatable bonds is 6. The Morgan fingerprint density at radius 2 is 1.57 bits per heavy atom. The fraction of sp³-hybridized carbons (Fsp3) is 0.148. The molecule has 1 N–H and O–H groups in total. The molecule has 6 nitrogen and oxygen atoms in total. The second-order valence-electron chi connectivity index (χ2n) is 7.91. The van der Waals surface area contributed by atoms with Gasteiger partial charge in [0.25, 0.3) is 11.5 Å². The fourth-order valence-electron chi connectivity index (χ4n) is 3.90. The van der Waals surface area contributed by atoms with Crippen molar-refractivity contribution in [1.29, 1.82) is 0 Å². The number of carbonyl (C=O) groups excluding carboxylic acids is 2. The number of nitrogens with zero attached hydrogens (tertiary/aromatic N) is 1. The first-order valence-electron chi connectivity index (χ1n) is 11.0. The van der Waals surface area contributed by atoms with Gasteiger partial charge in [0.2, 0.25) is 0 Å². The first-order valence-corrected chi connectivity index (χ1v) is 11.7. The van der Waals surface area contributed by atoms with E-state index in [9.17, 15) is 14.4 Å². The standard InChI is InChI=1S/C27H22Cl2N2O4/c1-3-22(25(32)30-21-11-7-6-10-20(21)29)35-27(34)24-23(16-12-14-17(28)15-13-16)18-8-4-5-9-19(18)26(33)31(24)2/h4-15,22H,3H2,1-2H3,(H,30,32). The van der Waals surface area contributed by atoms with Crippen molar-refractivity contribution >= 4 is 51.5 Å². The molecule has 4 rings (SSSR count). The molecular formula is C27H22Cl2N2O4. The summed E-state index contributed by atoms with van der Waals surface area (Å²) in [5.41, 5.74) is 1.31. The molecule has 1 heterocycles. The maximum absolute atomic E-state index is 13.5. The number of hydrogen-bond acceptors (Lipinski definition) is 4. The Kier molecular flexibility index (Phi) is 7.24. The van der Waals surface area contributed by atoms with Crippen molar-refractivity contribution in [1.82, 2.24) is 4.57 Å². The van der Waals surface area contributed by atoms with Gasteiger partial charge in [-0.05, 0) is 47.7 Å². The SMILES string of the molecule is CCC(OC(=O)c1c(-c2ccc(Cl)cc2)c2ccccc2c(=O)n1C)C(=O)Nc1ccccc1Cl. The minimum absolute atomic E-state index is 0.0417. The maximum atomic E-state index is 13.5. The van der Waals surface area contributed by atoms with Gasteiger partial charge in [0.05, 0.1) is 10.7 Å². The van der Waals surface area contributed by atoms with Gasteiger partial charge in [0.1, 0.15) is 5.69 Å². The van der Waals surface area contributed by atoms with E-state index in [1.54, 1.807) is 79.7 Å². The minimum Gasteiger partial charge on any atom is -0.448 e. The zero-order valence-corrected chi connectivity index (χ0v) is 20.6. The van der Waals surface area contributed by atoms with E-state index in [0.29, 0.717) is 37.6 Å². The summed E-state index contributed by atoms with van der Waals surface area (Å²) >= 11 is 12.2. The molecular weight excluding hydrogens is 487 g/mol. The number of halogens is 2. The average Bonchev–Trinajstić information content (AvgIpc) is 2.86. The Hall–Kier alpha value is -3.61. The number of anilines is 1. The molecule has 0 spiro atoms. The largest absolute Gasteiger partial charge is 0.448 e. The Morgan fingerprint density at radius 1 is 0.943 bits per heavy atom. The predicted molar refractivity (Wildman–Crippen MR) is 139 cm³/mol. The summed E-state index contributed by atoms with van der Waals surface area (Å²) in [4.78, 5) is 39.5. The van der Waals surface area contributed by atoms with Gasteiger partial charge in [0, 0.05) is 23.0 Å². The van der Waals surface area contributed by atoms with E-state index in [-0.39, 0.29) is 17.7 Å². The fourth-order valence-corrected chi connectivity index (χ4v) is 4.20. The smallest absolute Gasteiger partial charge is 0.356 e. The topological polar surface area (TPSA) is 77.4 Å². The summed E-state index contributed by atoms with van der Waals surface area (Å²) in [6.07, 6.45) is -0.877. The highest BCUT2D eigenvalue weighted by Gasteiger charge is 2.28. The van der Waals surface area contributed by atoms with Crippen LogP contribution in [0.3, 0.4) is 0 Å². The number of amides is 1. The Balaban J connectivity index is 1.77. The first-order chi connectivity index (χ1) is 16.8. The Bertz CT molecular complexity index is 1480. The molecule has 4 aromatic rings. The number of benzene rings is 3. The molecule has 0 aliphatic heterocycles. The van der Waals surface area contributed by atoms with Crippen LogP contribution in [0.15, 0.2) is 77.6 Å². The van der Waals surface area contributed by atoms with Crippen LogP contribution in [-0.2, 0) is 16.6 Å². The van der Waals surface area contributed by atoms with Gasteiger partial charge in [-0.2, -0.15) is 0 Å². The Labute approximate surface area is 212 Å². The lowest BCUT2D eigenvalue weighted by Crippen LogP contribution is -2.34. The number of carbonyl (C=O) groups is 2. The Morgan fingerprint density at radius 3 is 2.23 bits per heavy atom. The van der Waals surface area contributed by atoms with Gasteiger partial charge >= 0.3 is 5.97 Å². The third-order valence-electron chi connectivity index (χ3n) is 5.67. The molecule has 0 bridgehead atoms. The van der Waals surface area contributed by atoms with Gasteiger partial charge in [0.15, 0.2) is 6.10 Å². The van der Waals surface area contributed by atoms with Crippen LogP contribution in [0.2, 0.25) is 10.0 Å². The molecule has 35 heavy (non-hydrogen) atoms. The minimum atomic E-state index is -1.10. The lowest BCUT2D eigenvalue weighted by molar-refractivity contribution is -0.124. The molecule has 0 saturated heterocycles. The van der Waals surface area contributed by atoms with E-state index < -0.39 is 18.0 Å². The van der Waals surface area contributed by atoms with Crippen molar-refractivity contribution in [2.45, 2.75) is 19.4 Å². The number of esters is 1. The number of para-hydroxylation sites is 1. The molecule has 0 fully saturated rings. The molecule has 1 amide bonds. The van der Waals surface area contributed by atoms with Gasteiger partial charge in [-0.15, -0.1) is 0 Å². The van der Waals surface area contributed by atoms with Crippen molar-refractivity contribution in [3.8, 4) is 11.1 Å². The molecule has 0 saturated carbocycles. The zero-order chi connectivity index (χ0) is 25.1. The lowest BCUT2D eigenvalue weighted by atomic mass is 9.96. The molecule has 0 aliphatic carbocycles. The van der Waals surface area contributed by atoms with Crippen LogP contribution in [0.1, 0.15) is 23.8 Å². The van der Waals surface area contributed by atoms with Crippen LogP contribution in [0.25, 0.3) is 21.9 Å². The van der Waals surface area contributed by atoms with Gasteiger partial charge in [-0.25, -0.2) is 4.79 Å². The van der Waals surface area contributed by atoms with Crippen LogP contribution in [0.4, 0.5) is 5.69 Å². The van der Waals surface area contributed by atoms with Crippen LogP contribution < -0.4 is 10.9 Å². The number of ether oxygens (including phenoxy) is 1. The van der Waals surface area contributed by atoms with E-state index in [4.69, 9.17) is 27.9 Å². The second kappa shape index (κ2) is 10.3. The molecule has 8 heteroatoms. The molecule has 1 aromatic heterocycles. The highest BCUT2D eigenvalue weighted by molar-refractivity contribution is 6.33. The van der Waals surface area contributed by atoms with Gasteiger partial charge in [-0.1, -0.05) is 72.6 Å². The number of aromatic nitrogens is 1. The van der Waals surface area contributed by atoms with Gasteiger partial charge in [-0.3, -0.25) is 9.59 Å². The number of fused-ring (bicyclic) bond motifs is 1. The number of hydrogen-bond donors (Lipinski definition) is 1. The van der Waals surface area contributed by atoms with E-state index in [0.717, 1.165) is 0 Å². The van der Waals surface area contributed by atoms with Crippen LogP contribution in [-0.4, -0.2) is 22.5 Å². The lowest BCUT2D eigenvalue weighted by Gasteiger charge is -2.20. The first kappa shape index (κ1) is 24.5. The van der Waals surface area contributed by atoms with Crippen molar-refractivity contribution < 1.29 is 14.3 Å². The van der Waals surface area contributed by atoms with Crippen LogP contribution in [0.5, 0.6) is 0 Å². The molecule has 1 unspecified atom stereocenters. The summed E-state index contributed by atoms with van der Waals surface area (Å²) in [7, 11) is 1.51. The summed E-state index contributed by atoms with van der Waals surface area (Å²) in [5, 5.41) is 4.65. The average molecular weight is 509 g/mol. The van der Waals surface area contributed by atoms with Crippen LogP contribution in [0, 0.1) is 0 Å². The predicted octanol–water partition coefficient (Wildman–Crippen LogP) is 6.09. The van der Waals surface area contributed by atoms with Crippen LogP contribution >= 0.6 is 23.2 Å². The summed E-state index contributed by atoms with van der Waals surface area (Å²) in [5.74, 6) is -1.31. The molecule has 0 aliphatic rings. The zero-order valence-electron chi connectivity index (χ0n) is 19.0. The highest BCUT2D eigenvalue weighted by atomic mass is 35.5. The summed E-state index contributed by atoms with van der Waals surface area (Å²) in [6.45, 7) is 1.73. The number of nitrogens with one attached hydrogen (secondary N) is 1. The monoisotopic (exact) mass is 508 g/mol. The van der Waals surface area contributed by atoms with E-state index >= 15 is 0 Å². The van der Waals surface area contributed by atoms with Crippen molar-refractivity contribution in [2.75, 3.05) is 5.32 Å². The van der Waals surface area contributed by atoms with Crippen molar-refractivity contribution in [3.05, 3.63) is 98.9 Å². The molecule has 1 atom stereocenters. The summed E-state index contributed by atoms with van der Waals surface area (Å²) < 4.78 is 6.91. The van der Waals surface area contributed by atoms with E-state index in [1.807, 2.05) is 0 Å². The second-order valence-corrected chi connectivity index (χ2v) is 8.76. The van der Waals surface area contributed by atoms with E-state index in [1.165, 1.54) is 11.6 Å². The summed E-state index contributed by atoms with van der Waals surface area (Å²) in [6, 6.07) is 20.8. The number of pyridine rings is 1. The maximum Gasteiger partial charge on any atom is 0.356 e. The molecule has 0 radical (unpaired) electrons.